The van der Waals surface area contributed by atoms with Crippen LogP contribution in [0.5, 0.6) is 0 Å². The summed E-state index contributed by atoms with van der Waals surface area (Å²) in [6, 6.07) is 6.42. The minimum absolute atomic E-state index is 0.871. The van der Waals surface area contributed by atoms with Gasteiger partial charge >= 0.3 is 0 Å². The molecule has 0 saturated carbocycles. The maximum atomic E-state index is 4.44. The molecule has 0 aliphatic rings. The van der Waals surface area contributed by atoms with Crippen molar-refractivity contribution in [3.05, 3.63) is 26.6 Å². The molecule has 1 aromatic heterocycles. The Balaban J connectivity index is 2.82. The molecule has 0 saturated heterocycles. The molecule has 0 nitrogen and oxygen atoms in total. The van der Waals surface area contributed by atoms with Crippen molar-refractivity contribution in [2.24, 2.45) is 0 Å². The average molecular weight is 385 g/mol. The van der Waals surface area contributed by atoms with Gasteiger partial charge < -0.3 is 0 Å². The van der Waals surface area contributed by atoms with Gasteiger partial charge in [-0.05, 0) is 51.7 Å². The number of hydrogen-bond acceptors (Lipinski definition) is 2. The Labute approximate surface area is 108 Å². The summed E-state index contributed by atoms with van der Waals surface area (Å²) in [7, 11) is 0. The fraction of sp³-hybridized carbons (Fsp3) is 0.111. The monoisotopic (exact) mass is 384 g/mol. The molecule has 0 radical (unpaired) electrons. The highest BCUT2D eigenvalue weighted by molar-refractivity contribution is 14.1. The quantitative estimate of drug-likeness (QED) is 0.411. The first-order valence-electron chi connectivity index (χ1n) is 3.68. The van der Waals surface area contributed by atoms with Gasteiger partial charge in [0.15, 0.2) is 0 Å². The summed E-state index contributed by atoms with van der Waals surface area (Å²) in [6.45, 7) is 0. The molecule has 13 heavy (non-hydrogen) atoms. The minimum Gasteiger partial charge on any atom is -0.143 e. The van der Waals surface area contributed by atoms with Crippen molar-refractivity contribution in [3.8, 4) is 0 Å². The molecule has 1 aromatic carbocycles. The van der Waals surface area contributed by atoms with Crippen LogP contribution in [0.15, 0.2) is 23.1 Å². The van der Waals surface area contributed by atoms with Gasteiger partial charge in [-0.1, -0.05) is 15.9 Å². The predicted octanol–water partition coefficient (Wildman–Crippen LogP) is 4.69. The topological polar surface area (TPSA) is 0 Å². The van der Waals surface area contributed by atoms with E-state index >= 15 is 0 Å². The molecule has 68 valence electrons. The largest absolute Gasteiger partial charge is 0.143 e. The van der Waals surface area contributed by atoms with E-state index in [1.165, 1.54) is 18.5 Å². The van der Waals surface area contributed by atoms with Gasteiger partial charge in [0.2, 0.25) is 0 Å². The second-order valence-electron chi connectivity index (χ2n) is 2.66. The molecule has 0 spiro atoms. The first-order chi connectivity index (χ1) is 6.22. The minimum atomic E-state index is 0.871. The zero-order chi connectivity index (χ0) is 9.42. The Kier molecular flexibility index (Phi) is 3.22. The lowest BCUT2D eigenvalue weighted by Crippen LogP contribution is -1.80. The van der Waals surface area contributed by atoms with Crippen molar-refractivity contribution in [2.45, 2.75) is 10.2 Å². The summed E-state index contributed by atoms with van der Waals surface area (Å²) in [5.41, 5.74) is 1.29. The van der Waals surface area contributed by atoms with E-state index in [9.17, 15) is 0 Å². The number of rotatable bonds is 1. The Morgan fingerprint density at radius 2 is 2.23 bits per heavy atom. The van der Waals surface area contributed by atoms with Gasteiger partial charge in [-0.15, -0.1) is 24.0 Å². The smallest absolute Gasteiger partial charge is 0.0666 e. The normalized spacial score (nSPS) is 11.0. The van der Waals surface area contributed by atoms with Crippen LogP contribution < -0.4 is 0 Å². The van der Waals surface area contributed by atoms with Crippen LogP contribution in [-0.4, -0.2) is 0 Å². The number of thiol groups is 1. The van der Waals surface area contributed by atoms with Crippen molar-refractivity contribution in [3.63, 3.8) is 0 Å². The van der Waals surface area contributed by atoms with E-state index in [1.54, 1.807) is 0 Å². The van der Waals surface area contributed by atoms with Crippen LogP contribution in [0.25, 0.3) is 10.1 Å². The van der Waals surface area contributed by atoms with Crippen LogP contribution in [0, 0.1) is 2.88 Å². The molecule has 0 aliphatic carbocycles. The van der Waals surface area contributed by atoms with Crippen LogP contribution >= 0.6 is 62.5 Å². The summed E-state index contributed by atoms with van der Waals surface area (Å²) in [5, 5.41) is 2.20. The molecule has 2 aromatic rings. The molecule has 0 fully saturated rings. The van der Waals surface area contributed by atoms with Crippen molar-refractivity contribution >= 4 is 72.6 Å². The number of benzene rings is 1. The Morgan fingerprint density at radius 1 is 1.46 bits per heavy atom. The van der Waals surface area contributed by atoms with E-state index in [-0.39, 0.29) is 0 Å². The first kappa shape index (κ1) is 10.3. The maximum absolute atomic E-state index is 4.44. The molecule has 0 N–H and O–H groups in total. The molecule has 0 aliphatic heterocycles. The summed E-state index contributed by atoms with van der Waals surface area (Å²) in [5.74, 6) is 0. The number of thiophene rings is 1. The van der Waals surface area contributed by atoms with Crippen molar-refractivity contribution in [1.29, 1.82) is 0 Å². The van der Waals surface area contributed by atoms with Gasteiger partial charge in [0.25, 0.3) is 0 Å². The van der Waals surface area contributed by atoms with E-state index < -0.39 is 0 Å². The third-order valence-corrected chi connectivity index (χ3v) is 4.73. The van der Waals surface area contributed by atoms with E-state index in [2.05, 4.69) is 69.3 Å². The van der Waals surface area contributed by atoms with Gasteiger partial charge in [0, 0.05) is 14.9 Å². The van der Waals surface area contributed by atoms with E-state index in [0.29, 0.717) is 0 Å². The number of alkyl halides is 1. The maximum Gasteiger partial charge on any atom is 0.0666 e. The van der Waals surface area contributed by atoms with Crippen molar-refractivity contribution < 1.29 is 0 Å². The lowest BCUT2D eigenvalue weighted by atomic mass is 10.1. The van der Waals surface area contributed by atoms with E-state index in [0.717, 1.165) is 10.2 Å². The molecule has 4 heteroatoms. The van der Waals surface area contributed by atoms with E-state index in [1.807, 2.05) is 11.3 Å². The fourth-order valence-corrected chi connectivity index (χ4v) is 4.20. The fourth-order valence-electron chi connectivity index (χ4n) is 1.27. The van der Waals surface area contributed by atoms with Crippen molar-refractivity contribution in [2.75, 3.05) is 0 Å². The highest BCUT2D eigenvalue weighted by atomic mass is 127. The molecular weight excluding hydrogens is 379 g/mol. The van der Waals surface area contributed by atoms with Gasteiger partial charge in [-0.25, -0.2) is 0 Å². The highest BCUT2D eigenvalue weighted by Crippen LogP contribution is 2.33. The zero-order valence-corrected chi connectivity index (χ0v) is 12.0. The standard InChI is InChI=1S/C9H6BrIS2/c10-4-6-5-3-9(11)13-8(5)2-1-7(6)12/h1-3,12H,4H2. The lowest BCUT2D eigenvalue weighted by Gasteiger charge is -2.01. The number of halogens is 2. The second kappa shape index (κ2) is 4.08. The second-order valence-corrected chi connectivity index (χ2v) is 6.68. The predicted molar refractivity (Wildman–Crippen MR) is 74.4 cm³/mol. The number of hydrogen-bond donors (Lipinski definition) is 1. The summed E-state index contributed by atoms with van der Waals surface area (Å²) >= 11 is 12.1. The Hall–Kier alpha value is 0.740. The molecular formula is C9H6BrIS2. The molecule has 1 heterocycles. The van der Waals surface area contributed by atoms with Gasteiger partial charge in [0.05, 0.1) is 2.88 Å². The van der Waals surface area contributed by atoms with Gasteiger partial charge in [-0.3, -0.25) is 0 Å². The molecule has 0 atom stereocenters. The van der Waals surface area contributed by atoms with Crippen LogP contribution in [0.2, 0.25) is 0 Å². The summed E-state index contributed by atoms with van der Waals surface area (Å²) < 4.78 is 2.67. The van der Waals surface area contributed by atoms with Crippen molar-refractivity contribution in [1.82, 2.24) is 0 Å². The molecule has 0 bridgehead atoms. The number of fused-ring (bicyclic) bond motifs is 1. The van der Waals surface area contributed by atoms with Gasteiger partial charge in [0.1, 0.15) is 0 Å². The highest BCUT2D eigenvalue weighted by Gasteiger charge is 2.06. The van der Waals surface area contributed by atoms with Crippen LogP contribution in [0.4, 0.5) is 0 Å². The summed E-state index contributed by atoms with van der Waals surface area (Å²) in [4.78, 5) is 1.07. The van der Waals surface area contributed by atoms with Crippen LogP contribution in [0.1, 0.15) is 5.56 Å². The molecule has 0 unspecified atom stereocenters. The van der Waals surface area contributed by atoms with Crippen LogP contribution in [-0.2, 0) is 5.33 Å². The van der Waals surface area contributed by atoms with E-state index in [4.69, 9.17) is 0 Å². The van der Waals surface area contributed by atoms with Crippen LogP contribution in [0.3, 0.4) is 0 Å². The molecule has 0 amide bonds. The lowest BCUT2D eigenvalue weighted by molar-refractivity contribution is 1.34. The Bertz CT molecular complexity index is 450. The third-order valence-electron chi connectivity index (χ3n) is 1.89. The first-order valence-corrected chi connectivity index (χ1v) is 7.14. The summed E-state index contributed by atoms with van der Waals surface area (Å²) in [6.07, 6.45) is 0. The SMILES string of the molecule is Sc1ccc2sc(I)cc2c1CBr. The molecule has 2 rings (SSSR count). The zero-order valence-electron chi connectivity index (χ0n) is 6.55. The van der Waals surface area contributed by atoms with Gasteiger partial charge in [-0.2, -0.15) is 0 Å². The average Bonchev–Trinajstić information content (AvgIpc) is 2.45. The Morgan fingerprint density at radius 3 is 2.92 bits per heavy atom. The third kappa shape index (κ3) is 1.91.